The molecule has 0 bridgehead atoms. The summed E-state index contributed by atoms with van der Waals surface area (Å²) in [5.41, 5.74) is 0. The van der Waals surface area contributed by atoms with Crippen LogP contribution < -0.4 is 0 Å². The van der Waals surface area contributed by atoms with Crippen molar-refractivity contribution in [1.82, 2.24) is 4.90 Å². The maximum atomic E-state index is 12.2. The maximum absolute atomic E-state index is 12.2. The number of amides is 1. The van der Waals surface area contributed by atoms with Crippen LogP contribution >= 0.6 is 0 Å². The minimum atomic E-state index is -0.862. The number of carbonyl (C=O) groups is 2. The third-order valence-corrected chi connectivity index (χ3v) is 3.57. The van der Waals surface area contributed by atoms with Crippen LogP contribution in [0.2, 0.25) is 0 Å². The second kappa shape index (κ2) is 7.48. The van der Waals surface area contributed by atoms with E-state index in [1.165, 1.54) is 0 Å². The van der Waals surface area contributed by atoms with Crippen LogP contribution in [-0.2, 0) is 14.3 Å². The Labute approximate surface area is 114 Å². The highest BCUT2D eigenvalue weighted by atomic mass is 16.5. The van der Waals surface area contributed by atoms with Gasteiger partial charge in [-0.25, -0.2) is 0 Å². The SMILES string of the molecule is CCOC1CC(CC(=O)N(CCC(=O)O)C(C)C)C1. The Bertz CT molecular complexity index is 311. The fourth-order valence-corrected chi connectivity index (χ4v) is 2.46. The lowest BCUT2D eigenvalue weighted by molar-refractivity contribution is -0.140. The zero-order valence-electron chi connectivity index (χ0n) is 12.1. The van der Waals surface area contributed by atoms with E-state index in [2.05, 4.69) is 0 Å². The van der Waals surface area contributed by atoms with Gasteiger partial charge in [-0.05, 0) is 39.5 Å². The smallest absolute Gasteiger partial charge is 0.305 e. The average Bonchev–Trinajstić information content (AvgIpc) is 2.25. The second-order valence-corrected chi connectivity index (χ2v) is 5.44. The van der Waals surface area contributed by atoms with Gasteiger partial charge in [0.2, 0.25) is 5.91 Å². The molecule has 1 aliphatic rings. The molecule has 0 aromatic rings. The quantitative estimate of drug-likeness (QED) is 0.732. The van der Waals surface area contributed by atoms with E-state index in [0.717, 1.165) is 19.4 Å². The number of aliphatic carboxylic acids is 1. The summed E-state index contributed by atoms with van der Waals surface area (Å²) >= 11 is 0. The van der Waals surface area contributed by atoms with Crippen molar-refractivity contribution in [2.24, 2.45) is 5.92 Å². The normalized spacial score (nSPS) is 22.1. The number of nitrogens with zero attached hydrogens (tertiary/aromatic N) is 1. The molecule has 5 nitrogen and oxygen atoms in total. The summed E-state index contributed by atoms with van der Waals surface area (Å²) in [6.07, 6.45) is 2.74. The van der Waals surface area contributed by atoms with Gasteiger partial charge in [0, 0.05) is 25.6 Å². The molecule has 1 fully saturated rings. The summed E-state index contributed by atoms with van der Waals surface area (Å²) in [6.45, 7) is 6.84. The van der Waals surface area contributed by atoms with Crippen LogP contribution in [0, 0.1) is 5.92 Å². The fourth-order valence-electron chi connectivity index (χ4n) is 2.46. The first-order valence-corrected chi connectivity index (χ1v) is 7.06. The van der Waals surface area contributed by atoms with Crippen molar-refractivity contribution >= 4 is 11.9 Å². The Morgan fingerprint density at radius 1 is 1.37 bits per heavy atom. The van der Waals surface area contributed by atoms with Crippen LogP contribution in [0.25, 0.3) is 0 Å². The van der Waals surface area contributed by atoms with E-state index in [0.29, 0.717) is 25.0 Å². The molecule has 19 heavy (non-hydrogen) atoms. The van der Waals surface area contributed by atoms with Gasteiger partial charge in [-0.15, -0.1) is 0 Å². The van der Waals surface area contributed by atoms with E-state index in [4.69, 9.17) is 9.84 Å². The molecule has 0 radical (unpaired) electrons. The number of carboxylic acids is 1. The highest BCUT2D eigenvalue weighted by Crippen LogP contribution is 2.33. The monoisotopic (exact) mass is 271 g/mol. The number of hydrogen-bond acceptors (Lipinski definition) is 3. The van der Waals surface area contributed by atoms with Crippen LogP contribution in [0.3, 0.4) is 0 Å². The minimum absolute atomic E-state index is 0.0101. The summed E-state index contributed by atoms with van der Waals surface area (Å²) in [7, 11) is 0. The summed E-state index contributed by atoms with van der Waals surface area (Å²) in [5.74, 6) is -0.398. The summed E-state index contributed by atoms with van der Waals surface area (Å²) in [4.78, 5) is 24.4. The van der Waals surface area contributed by atoms with Gasteiger partial charge >= 0.3 is 5.97 Å². The number of hydrogen-bond donors (Lipinski definition) is 1. The largest absolute Gasteiger partial charge is 0.481 e. The highest BCUT2D eigenvalue weighted by Gasteiger charge is 2.32. The van der Waals surface area contributed by atoms with E-state index in [-0.39, 0.29) is 18.4 Å². The molecule has 1 rings (SSSR count). The first-order valence-electron chi connectivity index (χ1n) is 7.06. The Kier molecular flexibility index (Phi) is 6.28. The highest BCUT2D eigenvalue weighted by molar-refractivity contribution is 5.77. The Balaban J connectivity index is 2.35. The molecule has 0 spiro atoms. The van der Waals surface area contributed by atoms with Gasteiger partial charge in [0.1, 0.15) is 0 Å². The average molecular weight is 271 g/mol. The van der Waals surface area contributed by atoms with Crippen LogP contribution in [0.15, 0.2) is 0 Å². The second-order valence-electron chi connectivity index (χ2n) is 5.44. The van der Waals surface area contributed by atoms with E-state index >= 15 is 0 Å². The predicted octanol–water partition coefficient (Wildman–Crippen LogP) is 1.90. The van der Waals surface area contributed by atoms with Gasteiger partial charge in [0.15, 0.2) is 0 Å². The molecule has 1 N–H and O–H groups in total. The standard InChI is InChI=1S/C14H25NO4/c1-4-19-12-7-11(8-12)9-13(16)15(10(2)3)6-5-14(17)18/h10-12H,4-9H2,1-3H3,(H,17,18). The van der Waals surface area contributed by atoms with Gasteiger partial charge < -0.3 is 14.7 Å². The lowest BCUT2D eigenvalue weighted by Gasteiger charge is -2.36. The molecular weight excluding hydrogens is 246 g/mol. The van der Waals surface area contributed by atoms with Crippen LogP contribution in [-0.4, -0.2) is 47.2 Å². The lowest BCUT2D eigenvalue weighted by Crippen LogP contribution is -2.41. The van der Waals surface area contributed by atoms with Crippen molar-refractivity contribution < 1.29 is 19.4 Å². The summed E-state index contributed by atoms with van der Waals surface area (Å²) < 4.78 is 5.47. The molecule has 5 heteroatoms. The Hall–Kier alpha value is -1.10. The summed E-state index contributed by atoms with van der Waals surface area (Å²) in [6, 6.07) is 0.0506. The molecule has 1 aliphatic carbocycles. The van der Waals surface area contributed by atoms with Crippen LogP contribution in [0.5, 0.6) is 0 Å². The summed E-state index contributed by atoms with van der Waals surface area (Å²) in [5, 5.41) is 8.70. The number of carboxylic acid groups (broad SMARTS) is 1. The van der Waals surface area contributed by atoms with Crippen molar-refractivity contribution in [1.29, 1.82) is 0 Å². The topological polar surface area (TPSA) is 66.8 Å². The van der Waals surface area contributed by atoms with E-state index in [1.807, 2.05) is 20.8 Å². The van der Waals surface area contributed by atoms with Gasteiger partial charge in [-0.1, -0.05) is 0 Å². The van der Waals surface area contributed by atoms with E-state index in [1.54, 1.807) is 4.90 Å². The molecule has 1 saturated carbocycles. The third kappa shape index (κ3) is 5.19. The molecule has 1 amide bonds. The predicted molar refractivity (Wildman–Crippen MR) is 71.9 cm³/mol. The van der Waals surface area contributed by atoms with Crippen molar-refractivity contribution in [2.75, 3.05) is 13.2 Å². The molecule has 0 aromatic carbocycles. The van der Waals surface area contributed by atoms with Crippen molar-refractivity contribution in [2.45, 2.75) is 58.6 Å². The Morgan fingerprint density at radius 2 is 2.00 bits per heavy atom. The van der Waals surface area contributed by atoms with E-state index < -0.39 is 5.97 Å². The van der Waals surface area contributed by atoms with Crippen LogP contribution in [0.1, 0.15) is 46.5 Å². The maximum Gasteiger partial charge on any atom is 0.305 e. The van der Waals surface area contributed by atoms with Gasteiger partial charge in [-0.2, -0.15) is 0 Å². The lowest BCUT2D eigenvalue weighted by atomic mass is 9.79. The van der Waals surface area contributed by atoms with Crippen molar-refractivity contribution in [3.05, 3.63) is 0 Å². The first-order chi connectivity index (χ1) is 8.93. The molecule has 0 saturated heterocycles. The van der Waals surface area contributed by atoms with Crippen molar-refractivity contribution in [3.63, 3.8) is 0 Å². The van der Waals surface area contributed by atoms with Gasteiger partial charge in [0.05, 0.1) is 12.5 Å². The zero-order valence-corrected chi connectivity index (χ0v) is 12.1. The molecular formula is C14H25NO4. The number of carbonyl (C=O) groups excluding carboxylic acids is 1. The van der Waals surface area contributed by atoms with Gasteiger partial charge in [-0.3, -0.25) is 9.59 Å². The van der Waals surface area contributed by atoms with Crippen molar-refractivity contribution in [3.8, 4) is 0 Å². The number of rotatable bonds is 8. The third-order valence-electron chi connectivity index (χ3n) is 3.57. The molecule has 0 aliphatic heterocycles. The van der Waals surface area contributed by atoms with E-state index in [9.17, 15) is 9.59 Å². The Morgan fingerprint density at radius 3 is 2.47 bits per heavy atom. The molecule has 0 atom stereocenters. The van der Waals surface area contributed by atoms with Gasteiger partial charge in [0.25, 0.3) is 0 Å². The molecule has 0 aromatic heterocycles. The molecule has 110 valence electrons. The molecule has 0 unspecified atom stereocenters. The first kappa shape index (κ1) is 16.0. The molecule has 0 heterocycles. The fraction of sp³-hybridized carbons (Fsp3) is 0.857. The number of ether oxygens (including phenoxy) is 1. The van der Waals surface area contributed by atoms with Crippen LogP contribution in [0.4, 0.5) is 0 Å². The minimum Gasteiger partial charge on any atom is -0.481 e. The zero-order chi connectivity index (χ0) is 14.4.